The van der Waals surface area contributed by atoms with Gasteiger partial charge in [-0.1, -0.05) is 38.7 Å². The van der Waals surface area contributed by atoms with Crippen molar-refractivity contribution in [2.45, 2.75) is 75.1 Å². The van der Waals surface area contributed by atoms with Crippen molar-refractivity contribution < 1.29 is 18.0 Å². The summed E-state index contributed by atoms with van der Waals surface area (Å²) in [5.41, 5.74) is 0.166. The molecule has 1 aliphatic carbocycles. The van der Waals surface area contributed by atoms with Crippen LogP contribution in [0.3, 0.4) is 0 Å². The van der Waals surface area contributed by atoms with E-state index in [0.717, 1.165) is 6.42 Å². The Hall–Kier alpha value is -2.19. The molecule has 3 rings (SSSR count). The summed E-state index contributed by atoms with van der Waals surface area (Å²) in [6.45, 7) is 6.04. The highest BCUT2D eigenvalue weighted by molar-refractivity contribution is 7.89. The average Bonchev–Trinajstić information content (AvgIpc) is 2.79. The second-order valence-corrected chi connectivity index (χ2v) is 11.2. The van der Waals surface area contributed by atoms with Crippen molar-refractivity contribution >= 4 is 27.5 Å². The summed E-state index contributed by atoms with van der Waals surface area (Å²) in [5, 5.41) is 5.77. The number of benzene rings is 1. The molecule has 2 aliphatic rings. The average molecular weight is 462 g/mol. The van der Waals surface area contributed by atoms with Gasteiger partial charge in [0, 0.05) is 30.7 Å². The highest BCUT2D eigenvalue weighted by Crippen LogP contribution is 2.28. The van der Waals surface area contributed by atoms with Crippen LogP contribution in [0.25, 0.3) is 0 Å². The normalized spacial score (nSPS) is 19.8. The number of piperidine rings is 1. The van der Waals surface area contributed by atoms with Gasteiger partial charge in [-0.25, -0.2) is 8.42 Å². The van der Waals surface area contributed by atoms with Gasteiger partial charge in [-0.05, 0) is 62.4 Å². The Bertz CT molecular complexity index is 913. The van der Waals surface area contributed by atoms with E-state index in [-0.39, 0.29) is 16.7 Å². The van der Waals surface area contributed by atoms with Gasteiger partial charge in [0.05, 0.1) is 4.90 Å². The van der Waals surface area contributed by atoms with Gasteiger partial charge in [-0.3, -0.25) is 9.59 Å². The molecule has 0 aromatic heterocycles. The number of rotatable bonds is 8. The molecular formula is C24H35N3O4S. The second kappa shape index (κ2) is 10.6. The Kier molecular flexibility index (Phi) is 8.11. The first-order valence-electron chi connectivity index (χ1n) is 11.6. The monoisotopic (exact) mass is 461 g/mol. The minimum Gasteiger partial charge on any atom is -0.347 e. The minimum absolute atomic E-state index is 0.0249. The van der Waals surface area contributed by atoms with E-state index in [2.05, 4.69) is 17.2 Å². The van der Waals surface area contributed by atoms with E-state index in [4.69, 9.17) is 0 Å². The predicted octanol–water partition coefficient (Wildman–Crippen LogP) is 3.83. The van der Waals surface area contributed by atoms with Crippen LogP contribution >= 0.6 is 0 Å². The number of hydrogen-bond donors (Lipinski definition) is 2. The molecule has 1 aliphatic heterocycles. The van der Waals surface area contributed by atoms with Crippen molar-refractivity contribution in [1.29, 1.82) is 0 Å². The number of nitrogens with zero attached hydrogens (tertiary/aromatic N) is 1. The summed E-state index contributed by atoms with van der Waals surface area (Å²) in [6.07, 6.45) is 9.97. The Morgan fingerprint density at radius 3 is 2.34 bits per heavy atom. The molecule has 0 spiro atoms. The second-order valence-electron chi connectivity index (χ2n) is 9.27. The lowest BCUT2D eigenvalue weighted by Crippen LogP contribution is -2.53. The van der Waals surface area contributed by atoms with E-state index in [1.807, 2.05) is 6.92 Å². The largest absolute Gasteiger partial charge is 0.347 e. The number of nitrogens with one attached hydrogen (secondary N) is 2. The van der Waals surface area contributed by atoms with Crippen molar-refractivity contribution in [3.63, 3.8) is 0 Å². The van der Waals surface area contributed by atoms with Gasteiger partial charge < -0.3 is 10.6 Å². The molecule has 2 amide bonds. The molecule has 0 atom stereocenters. The number of amides is 2. The van der Waals surface area contributed by atoms with Crippen LogP contribution in [0, 0.1) is 5.92 Å². The van der Waals surface area contributed by atoms with Crippen molar-refractivity contribution in [3.8, 4) is 0 Å². The van der Waals surface area contributed by atoms with E-state index in [0.29, 0.717) is 44.0 Å². The molecular weight excluding hydrogens is 426 g/mol. The van der Waals surface area contributed by atoms with Gasteiger partial charge >= 0.3 is 0 Å². The van der Waals surface area contributed by atoms with Crippen LogP contribution in [0.5, 0.6) is 0 Å². The van der Waals surface area contributed by atoms with Crippen molar-refractivity contribution in [2.24, 2.45) is 5.92 Å². The SMILES string of the molecule is C=CC(=O)NC1(C)CCN(S(=O)(=O)c2ccc(NC(=O)CCC3CCCCC3)cc2)CC1. The van der Waals surface area contributed by atoms with E-state index in [9.17, 15) is 18.0 Å². The quantitative estimate of drug-likeness (QED) is 0.575. The van der Waals surface area contributed by atoms with Crippen molar-refractivity contribution in [1.82, 2.24) is 9.62 Å². The highest BCUT2D eigenvalue weighted by atomic mass is 32.2. The molecule has 1 aromatic carbocycles. The summed E-state index contributed by atoms with van der Waals surface area (Å²) >= 11 is 0. The molecule has 32 heavy (non-hydrogen) atoms. The van der Waals surface area contributed by atoms with Crippen molar-refractivity contribution in [2.75, 3.05) is 18.4 Å². The topological polar surface area (TPSA) is 95.6 Å². The van der Waals surface area contributed by atoms with Gasteiger partial charge in [-0.15, -0.1) is 0 Å². The van der Waals surface area contributed by atoms with Crippen LogP contribution in [-0.4, -0.2) is 43.2 Å². The number of hydrogen-bond acceptors (Lipinski definition) is 4. The van der Waals surface area contributed by atoms with Crippen molar-refractivity contribution in [3.05, 3.63) is 36.9 Å². The molecule has 1 saturated heterocycles. The third kappa shape index (κ3) is 6.42. The first-order chi connectivity index (χ1) is 15.2. The Morgan fingerprint density at radius 2 is 1.75 bits per heavy atom. The maximum Gasteiger partial charge on any atom is 0.243 e. The fourth-order valence-corrected chi connectivity index (χ4v) is 6.03. The van der Waals surface area contributed by atoms with Crippen LogP contribution in [0.1, 0.15) is 64.7 Å². The molecule has 1 heterocycles. The molecule has 1 saturated carbocycles. The van der Waals surface area contributed by atoms with Crippen LogP contribution in [0.15, 0.2) is 41.8 Å². The molecule has 2 N–H and O–H groups in total. The lowest BCUT2D eigenvalue weighted by molar-refractivity contribution is -0.118. The van der Waals surface area contributed by atoms with Gasteiger partial charge in [-0.2, -0.15) is 4.31 Å². The van der Waals surface area contributed by atoms with E-state index in [1.165, 1.54) is 42.5 Å². The first-order valence-corrected chi connectivity index (χ1v) is 13.0. The Labute approximate surface area is 191 Å². The summed E-state index contributed by atoms with van der Waals surface area (Å²) in [5.74, 6) is 0.377. The lowest BCUT2D eigenvalue weighted by Gasteiger charge is -2.39. The van der Waals surface area contributed by atoms with Crippen LogP contribution in [0.2, 0.25) is 0 Å². The molecule has 8 heteroatoms. The summed E-state index contributed by atoms with van der Waals surface area (Å²) in [4.78, 5) is 24.1. The Morgan fingerprint density at radius 1 is 1.12 bits per heavy atom. The zero-order valence-corrected chi connectivity index (χ0v) is 19.8. The number of carbonyl (C=O) groups is 2. The summed E-state index contributed by atoms with van der Waals surface area (Å²) in [7, 11) is -3.63. The summed E-state index contributed by atoms with van der Waals surface area (Å²) in [6, 6.07) is 6.37. The molecule has 0 radical (unpaired) electrons. The third-order valence-corrected chi connectivity index (χ3v) is 8.63. The highest BCUT2D eigenvalue weighted by Gasteiger charge is 2.36. The van der Waals surface area contributed by atoms with E-state index < -0.39 is 15.6 Å². The maximum atomic E-state index is 13.0. The zero-order chi connectivity index (χ0) is 23.2. The molecule has 7 nitrogen and oxygen atoms in total. The van der Waals surface area contributed by atoms with Crippen LogP contribution in [-0.2, 0) is 19.6 Å². The first kappa shape index (κ1) is 24.5. The maximum absolute atomic E-state index is 13.0. The van der Waals surface area contributed by atoms with Gasteiger partial charge in [0.25, 0.3) is 0 Å². The van der Waals surface area contributed by atoms with E-state index in [1.54, 1.807) is 24.3 Å². The summed E-state index contributed by atoms with van der Waals surface area (Å²) < 4.78 is 27.5. The van der Waals surface area contributed by atoms with Gasteiger partial charge in [0.15, 0.2) is 0 Å². The number of sulfonamides is 1. The molecule has 2 fully saturated rings. The molecule has 0 bridgehead atoms. The lowest BCUT2D eigenvalue weighted by atomic mass is 9.86. The fraction of sp³-hybridized carbons (Fsp3) is 0.583. The van der Waals surface area contributed by atoms with Crippen LogP contribution < -0.4 is 10.6 Å². The zero-order valence-electron chi connectivity index (χ0n) is 18.9. The smallest absolute Gasteiger partial charge is 0.243 e. The number of carbonyl (C=O) groups excluding carboxylic acids is 2. The Balaban J connectivity index is 1.52. The van der Waals surface area contributed by atoms with Gasteiger partial charge in [0.1, 0.15) is 0 Å². The molecule has 0 unspecified atom stereocenters. The van der Waals surface area contributed by atoms with Gasteiger partial charge in [0.2, 0.25) is 21.8 Å². The molecule has 1 aromatic rings. The van der Waals surface area contributed by atoms with E-state index >= 15 is 0 Å². The standard InChI is InChI=1S/C24H35N3O4S/c1-3-22(28)26-24(2)15-17-27(18-16-24)32(30,31)21-12-10-20(11-13-21)25-23(29)14-9-19-7-5-4-6-8-19/h3,10-13,19H,1,4-9,14-18H2,2H3,(H,25,29)(H,26,28). The molecule has 176 valence electrons. The third-order valence-electron chi connectivity index (χ3n) is 6.72. The fourth-order valence-electron chi connectivity index (χ4n) is 4.59. The number of anilines is 1. The van der Waals surface area contributed by atoms with Crippen LogP contribution in [0.4, 0.5) is 5.69 Å². The minimum atomic E-state index is -3.63. The predicted molar refractivity (Wildman–Crippen MR) is 126 cm³/mol.